The molecule has 1 saturated heterocycles. The number of aryl methyl sites for hydroxylation is 2. The molecular weight excluding hydrogens is 202 g/mol. The van der Waals surface area contributed by atoms with Gasteiger partial charge in [-0.3, -0.25) is 4.90 Å². The molecule has 1 aliphatic rings. The molecule has 0 amide bonds. The molecule has 0 radical (unpaired) electrons. The molecule has 1 N–H and O–H groups in total. The third kappa shape index (κ3) is 2.44. The molecule has 1 aromatic rings. The number of nitrogens with zero attached hydrogens (tertiary/aromatic N) is 2. The molecule has 4 heteroatoms. The fraction of sp³-hybridized carbons (Fsp3) is 0.750. The Morgan fingerprint density at radius 1 is 1.44 bits per heavy atom. The summed E-state index contributed by atoms with van der Waals surface area (Å²) in [7, 11) is 0. The van der Waals surface area contributed by atoms with E-state index in [1.54, 1.807) is 0 Å². The molecule has 1 fully saturated rings. The number of nitrogens with one attached hydrogen (secondary N) is 1. The van der Waals surface area contributed by atoms with Crippen molar-refractivity contribution in [1.29, 1.82) is 0 Å². The Kier molecular flexibility index (Phi) is 3.04. The van der Waals surface area contributed by atoms with Crippen LogP contribution in [0.2, 0.25) is 0 Å². The van der Waals surface area contributed by atoms with Gasteiger partial charge in [-0.05, 0) is 27.7 Å². The zero-order valence-electron chi connectivity index (χ0n) is 10.6. The van der Waals surface area contributed by atoms with Gasteiger partial charge in [0.1, 0.15) is 5.76 Å². The minimum atomic E-state index is 0.206. The van der Waals surface area contributed by atoms with E-state index in [1.165, 1.54) is 5.56 Å². The van der Waals surface area contributed by atoms with Crippen LogP contribution in [-0.4, -0.2) is 35.2 Å². The quantitative estimate of drug-likeness (QED) is 0.824. The number of hydrogen-bond acceptors (Lipinski definition) is 4. The summed E-state index contributed by atoms with van der Waals surface area (Å²) >= 11 is 0. The van der Waals surface area contributed by atoms with Crippen LogP contribution in [0.4, 0.5) is 0 Å². The first-order chi connectivity index (χ1) is 7.48. The summed E-state index contributed by atoms with van der Waals surface area (Å²) in [6.45, 7) is 12.6. The van der Waals surface area contributed by atoms with Crippen molar-refractivity contribution in [1.82, 2.24) is 15.4 Å². The molecule has 0 unspecified atom stereocenters. The van der Waals surface area contributed by atoms with Gasteiger partial charge in [-0.1, -0.05) is 5.16 Å². The zero-order chi connectivity index (χ0) is 11.8. The Bertz CT molecular complexity index is 351. The van der Waals surface area contributed by atoms with Crippen molar-refractivity contribution in [3.05, 3.63) is 17.0 Å². The fourth-order valence-electron chi connectivity index (χ4n) is 2.33. The average molecular weight is 223 g/mol. The SMILES string of the molecule is Cc1noc(C)c1CN1CCNC(C)(C)C1. The number of hydrogen-bond donors (Lipinski definition) is 1. The van der Waals surface area contributed by atoms with Gasteiger partial charge < -0.3 is 9.84 Å². The maximum absolute atomic E-state index is 5.20. The maximum Gasteiger partial charge on any atom is 0.138 e. The van der Waals surface area contributed by atoms with E-state index < -0.39 is 0 Å². The van der Waals surface area contributed by atoms with Crippen LogP contribution in [0.5, 0.6) is 0 Å². The third-order valence-corrected chi connectivity index (χ3v) is 3.21. The molecule has 2 rings (SSSR count). The van der Waals surface area contributed by atoms with E-state index in [9.17, 15) is 0 Å². The van der Waals surface area contributed by atoms with Crippen LogP contribution in [0.25, 0.3) is 0 Å². The van der Waals surface area contributed by atoms with Gasteiger partial charge >= 0.3 is 0 Å². The lowest BCUT2D eigenvalue weighted by atomic mass is 10.0. The predicted octanol–water partition coefficient (Wildman–Crippen LogP) is 1.48. The minimum absolute atomic E-state index is 0.206. The largest absolute Gasteiger partial charge is 0.361 e. The molecule has 1 aromatic heterocycles. The molecular formula is C12H21N3O. The van der Waals surface area contributed by atoms with E-state index in [2.05, 4.69) is 29.2 Å². The molecule has 0 saturated carbocycles. The molecule has 16 heavy (non-hydrogen) atoms. The van der Waals surface area contributed by atoms with Crippen LogP contribution < -0.4 is 5.32 Å². The van der Waals surface area contributed by atoms with E-state index in [-0.39, 0.29) is 5.54 Å². The van der Waals surface area contributed by atoms with Crippen molar-refractivity contribution < 1.29 is 4.52 Å². The summed E-state index contributed by atoms with van der Waals surface area (Å²) in [4.78, 5) is 2.46. The van der Waals surface area contributed by atoms with E-state index >= 15 is 0 Å². The standard InChI is InChI=1S/C12H21N3O/c1-9-11(10(2)16-14-9)7-15-6-5-13-12(3,4)8-15/h13H,5-8H2,1-4H3. The first-order valence-electron chi connectivity index (χ1n) is 5.87. The van der Waals surface area contributed by atoms with Gasteiger partial charge in [0, 0.05) is 37.3 Å². The van der Waals surface area contributed by atoms with E-state index in [0.717, 1.165) is 37.6 Å². The van der Waals surface area contributed by atoms with Crippen LogP contribution in [-0.2, 0) is 6.54 Å². The first kappa shape index (κ1) is 11.6. The van der Waals surface area contributed by atoms with Crippen LogP contribution >= 0.6 is 0 Å². The van der Waals surface area contributed by atoms with Gasteiger partial charge in [-0.15, -0.1) is 0 Å². The Morgan fingerprint density at radius 3 is 2.75 bits per heavy atom. The van der Waals surface area contributed by atoms with Crippen molar-refractivity contribution in [2.45, 2.75) is 39.8 Å². The lowest BCUT2D eigenvalue weighted by Crippen LogP contribution is -2.56. The van der Waals surface area contributed by atoms with Crippen LogP contribution in [0.3, 0.4) is 0 Å². The maximum atomic E-state index is 5.20. The van der Waals surface area contributed by atoms with Crippen LogP contribution in [0.1, 0.15) is 30.9 Å². The van der Waals surface area contributed by atoms with Crippen molar-refractivity contribution in [3.63, 3.8) is 0 Å². The van der Waals surface area contributed by atoms with Crippen molar-refractivity contribution in [2.75, 3.05) is 19.6 Å². The monoisotopic (exact) mass is 223 g/mol. The van der Waals surface area contributed by atoms with Gasteiger partial charge in [0.05, 0.1) is 5.69 Å². The van der Waals surface area contributed by atoms with Crippen molar-refractivity contribution in [2.24, 2.45) is 0 Å². The summed E-state index contributed by atoms with van der Waals surface area (Å²) in [6.07, 6.45) is 0. The van der Waals surface area contributed by atoms with Gasteiger partial charge in [0.25, 0.3) is 0 Å². The van der Waals surface area contributed by atoms with Gasteiger partial charge in [0.15, 0.2) is 0 Å². The fourth-order valence-corrected chi connectivity index (χ4v) is 2.33. The summed E-state index contributed by atoms with van der Waals surface area (Å²) < 4.78 is 5.20. The summed E-state index contributed by atoms with van der Waals surface area (Å²) in [5.74, 6) is 0.953. The highest BCUT2D eigenvalue weighted by Gasteiger charge is 2.26. The Labute approximate surface area is 97.0 Å². The second-order valence-corrected chi connectivity index (χ2v) is 5.32. The van der Waals surface area contributed by atoms with Crippen LogP contribution in [0, 0.1) is 13.8 Å². The second-order valence-electron chi connectivity index (χ2n) is 5.32. The van der Waals surface area contributed by atoms with Crippen molar-refractivity contribution in [3.8, 4) is 0 Å². The molecule has 0 spiro atoms. The summed E-state index contributed by atoms with van der Waals surface area (Å²) in [5.41, 5.74) is 2.48. The van der Waals surface area contributed by atoms with Gasteiger partial charge in [0.2, 0.25) is 0 Å². The smallest absolute Gasteiger partial charge is 0.138 e. The molecule has 1 aliphatic heterocycles. The highest BCUT2D eigenvalue weighted by molar-refractivity contribution is 5.20. The molecule has 0 aliphatic carbocycles. The summed E-state index contributed by atoms with van der Waals surface area (Å²) in [6, 6.07) is 0. The first-order valence-corrected chi connectivity index (χ1v) is 5.87. The summed E-state index contributed by atoms with van der Waals surface area (Å²) in [5, 5.41) is 7.52. The van der Waals surface area contributed by atoms with Gasteiger partial charge in [-0.25, -0.2) is 0 Å². The van der Waals surface area contributed by atoms with Crippen LogP contribution in [0.15, 0.2) is 4.52 Å². The number of aromatic nitrogens is 1. The molecule has 2 heterocycles. The number of piperazine rings is 1. The predicted molar refractivity (Wildman–Crippen MR) is 63.3 cm³/mol. The minimum Gasteiger partial charge on any atom is -0.361 e. The third-order valence-electron chi connectivity index (χ3n) is 3.21. The Balaban J connectivity index is 2.05. The Hall–Kier alpha value is -0.870. The highest BCUT2D eigenvalue weighted by atomic mass is 16.5. The molecule has 4 nitrogen and oxygen atoms in total. The lowest BCUT2D eigenvalue weighted by Gasteiger charge is -2.39. The molecule has 90 valence electrons. The highest BCUT2D eigenvalue weighted by Crippen LogP contribution is 2.18. The Morgan fingerprint density at radius 2 is 2.19 bits per heavy atom. The molecule has 0 aromatic carbocycles. The van der Waals surface area contributed by atoms with Crippen molar-refractivity contribution >= 4 is 0 Å². The average Bonchev–Trinajstić information content (AvgIpc) is 2.48. The van der Waals surface area contributed by atoms with E-state index in [4.69, 9.17) is 4.52 Å². The van der Waals surface area contributed by atoms with Gasteiger partial charge in [-0.2, -0.15) is 0 Å². The normalized spacial score (nSPS) is 21.2. The topological polar surface area (TPSA) is 41.3 Å². The second kappa shape index (κ2) is 4.18. The van der Waals surface area contributed by atoms with E-state index in [1.807, 2.05) is 13.8 Å². The zero-order valence-corrected chi connectivity index (χ0v) is 10.6. The number of rotatable bonds is 2. The lowest BCUT2D eigenvalue weighted by molar-refractivity contribution is 0.147. The van der Waals surface area contributed by atoms with E-state index in [0.29, 0.717) is 0 Å². The molecule has 0 bridgehead atoms. The molecule has 0 atom stereocenters.